The highest BCUT2D eigenvalue weighted by atomic mass is 35.7. The van der Waals surface area contributed by atoms with Crippen molar-refractivity contribution in [1.29, 1.82) is 0 Å². The van der Waals surface area contributed by atoms with Crippen LogP contribution in [0.2, 0.25) is 0 Å². The Hall–Kier alpha value is -0.590. The van der Waals surface area contributed by atoms with Crippen molar-refractivity contribution in [3.8, 4) is 0 Å². The maximum absolute atomic E-state index is 11.6. The van der Waals surface area contributed by atoms with E-state index in [0.717, 1.165) is 11.3 Å². The maximum Gasteiger partial charge on any atom is 0.270 e. The normalized spacial score (nSPS) is 11.4. The molecule has 1 heterocycles. The van der Waals surface area contributed by atoms with Gasteiger partial charge >= 0.3 is 0 Å². The Morgan fingerprint density at radius 3 is 2.56 bits per heavy atom. The molecule has 1 rings (SSSR count). The average molecular weight is 282 g/mol. The Kier molecular flexibility index (Phi) is 4.35. The summed E-state index contributed by atoms with van der Waals surface area (Å²) in [6, 6.07) is 3.03. The topological polar surface area (TPSA) is 54.5 Å². The minimum Gasteiger partial charge on any atom is -0.346 e. The Balaban J connectivity index is 2.77. The molecule has 0 spiro atoms. The molecule has 0 aliphatic heterocycles. The van der Waals surface area contributed by atoms with Crippen LogP contribution in [0.3, 0.4) is 0 Å². The summed E-state index contributed by atoms with van der Waals surface area (Å²) < 4.78 is 22.1. The van der Waals surface area contributed by atoms with Crippen LogP contribution in [0.25, 0.3) is 0 Å². The second-order valence-electron chi connectivity index (χ2n) is 3.24. The molecule has 0 radical (unpaired) electrons. The maximum atomic E-state index is 11.6. The van der Waals surface area contributed by atoms with E-state index in [2.05, 4.69) is 0 Å². The Morgan fingerprint density at radius 2 is 2.12 bits per heavy atom. The van der Waals surface area contributed by atoms with E-state index in [0.29, 0.717) is 11.4 Å². The molecular weight excluding hydrogens is 270 g/mol. The number of nitrogens with zero attached hydrogens (tertiary/aromatic N) is 1. The van der Waals surface area contributed by atoms with Crippen molar-refractivity contribution in [3.05, 3.63) is 17.0 Å². The van der Waals surface area contributed by atoms with E-state index in [4.69, 9.17) is 10.7 Å². The van der Waals surface area contributed by atoms with Crippen molar-refractivity contribution in [2.24, 2.45) is 0 Å². The molecule has 16 heavy (non-hydrogen) atoms. The predicted octanol–water partition coefficient (Wildman–Crippen LogP) is 1.70. The van der Waals surface area contributed by atoms with Gasteiger partial charge in [-0.1, -0.05) is 0 Å². The molecule has 0 saturated carbocycles. The van der Waals surface area contributed by atoms with Gasteiger partial charge in [-0.25, -0.2) is 8.42 Å². The highest BCUT2D eigenvalue weighted by molar-refractivity contribution is 8.15. The molecular formula is C9H12ClNO3S2. The fourth-order valence-electron chi connectivity index (χ4n) is 1.04. The first-order valence-corrected chi connectivity index (χ1v) is 7.74. The van der Waals surface area contributed by atoms with E-state index >= 15 is 0 Å². The van der Waals surface area contributed by atoms with Gasteiger partial charge in [-0.2, -0.15) is 0 Å². The molecule has 7 heteroatoms. The van der Waals surface area contributed by atoms with E-state index in [1.165, 1.54) is 6.07 Å². The zero-order chi connectivity index (χ0) is 12.3. The van der Waals surface area contributed by atoms with Crippen LogP contribution in [-0.2, 0) is 20.3 Å². The number of amides is 1. The zero-order valence-corrected chi connectivity index (χ0v) is 11.3. The zero-order valence-electron chi connectivity index (χ0n) is 8.94. The molecule has 1 aromatic rings. The third-order valence-corrected chi connectivity index (χ3v) is 5.28. The SMILES string of the molecule is CCN(C)C(=O)Cc1ccc(S(=O)(=O)Cl)s1. The fourth-order valence-corrected chi connectivity index (χ4v) is 3.16. The number of carbonyl (C=O) groups excluding carboxylic acids is 1. The first-order valence-electron chi connectivity index (χ1n) is 4.62. The molecule has 1 aromatic heterocycles. The fraction of sp³-hybridized carbons (Fsp3) is 0.444. The van der Waals surface area contributed by atoms with Crippen molar-refractivity contribution in [2.45, 2.75) is 17.6 Å². The van der Waals surface area contributed by atoms with Crippen LogP contribution in [0.4, 0.5) is 0 Å². The Labute approximate surface area is 103 Å². The lowest BCUT2D eigenvalue weighted by molar-refractivity contribution is -0.128. The molecule has 0 saturated heterocycles. The van der Waals surface area contributed by atoms with Gasteiger partial charge in [-0.3, -0.25) is 4.79 Å². The third kappa shape index (κ3) is 3.47. The molecule has 0 unspecified atom stereocenters. The van der Waals surface area contributed by atoms with Crippen LogP contribution >= 0.6 is 22.0 Å². The standard InChI is InChI=1S/C9H12ClNO3S2/c1-3-11(2)8(12)6-7-4-5-9(15-7)16(10,13)14/h4-5H,3,6H2,1-2H3. The average Bonchev–Trinajstić information content (AvgIpc) is 2.64. The van der Waals surface area contributed by atoms with Gasteiger partial charge in [0.25, 0.3) is 9.05 Å². The molecule has 0 N–H and O–H groups in total. The van der Waals surface area contributed by atoms with Gasteiger partial charge < -0.3 is 4.90 Å². The summed E-state index contributed by atoms with van der Waals surface area (Å²) >= 11 is 1.03. The van der Waals surface area contributed by atoms with E-state index < -0.39 is 9.05 Å². The molecule has 0 atom stereocenters. The van der Waals surface area contributed by atoms with Gasteiger partial charge in [0.2, 0.25) is 5.91 Å². The summed E-state index contributed by atoms with van der Waals surface area (Å²) in [4.78, 5) is 13.8. The van der Waals surface area contributed by atoms with Crippen LogP contribution in [0.1, 0.15) is 11.8 Å². The van der Waals surface area contributed by atoms with E-state index in [-0.39, 0.29) is 16.5 Å². The number of likely N-dealkylation sites (N-methyl/N-ethyl adjacent to an activating group) is 1. The largest absolute Gasteiger partial charge is 0.346 e. The molecule has 1 amide bonds. The number of rotatable bonds is 4. The highest BCUT2D eigenvalue weighted by Gasteiger charge is 2.15. The lowest BCUT2D eigenvalue weighted by Crippen LogP contribution is -2.27. The molecule has 0 aliphatic rings. The van der Waals surface area contributed by atoms with Crippen molar-refractivity contribution < 1.29 is 13.2 Å². The quantitative estimate of drug-likeness (QED) is 0.790. The highest BCUT2D eigenvalue weighted by Crippen LogP contribution is 2.25. The summed E-state index contributed by atoms with van der Waals surface area (Å²) in [6.07, 6.45) is 0.210. The predicted molar refractivity (Wildman–Crippen MR) is 64.4 cm³/mol. The molecule has 4 nitrogen and oxygen atoms in total. The van der Waals surface area contributed by atoms with Crippen molar-refractivity contribution in [2.75, 3.05) is 13.6 Å². The molecule has 0 aromatic carbocycles. The lowest BCUT2D eigenvalue weighted by Gasteiger charge is -2.13. The van der Waals surface area contributed by atoms with Gasteiger partial charge in [-0.15, -0.1) is 11.3 Å². The van der Waals surface area contributed by atoms with Crippen molar-refractivity contribution in [3.63, 3.8) is 0 Å². The number of hydrogen-bond acceptors (Lipinski definition) is 4. The number of carbonyl (C=O) groups is 1. The molecule has 0 fully saturated rings. The second kappa shape index (κ2) is 5.16. The molecule has 0 bridgehead atoms. The van der Waals surface area contributed by atoms with Crippen LogP contribution in [0.15, 0.2) is 16.3 Å². The van der Waals surface area contributed by atoms with Crippen molar-refractivity contribution >= 4 is 37.0 Å². The van der Waals surface area contributed by atoms with Crippen LogP contribution in [0, 0.1) is 0 Å². The van der Waals surface area contributed by atoms with Crippen molar-refractivity contribution in [1.82, 2.24) is 4.90 Å². The minimum absolute atomic E-state index is 0.0390. The summed E-state index contributed by atoms with van der Waals surface area (Å²) in [5.41, 5.74) is 0. The summed E-state index contributed by atoms with van der Waals surface area (Å²) in [5, 5.41) is 0. The first-order chi connectivity index (χ1) is 7.34. The summed E-state index contributed by atoms with van der Waals surface area (Å²) in [5.74, 6) is -0.0390. The second-order valence-corrected chi connectivity index (χ2v) is 7.20. The smallest absolute Gasteiger partial charge is 0.270 e. The van der Waals surface area contributed by atoms with Gasteiger partial charge in [0.15, 0.2) is 0 Å². The van der Waals surface area contributed by atoms with E-state index in [1.54, 1.807) is 18.0 Å². The van der Waals surface area contributed by atoms with Crippen LogP contribution in [-0.4, -0.2) is 32.8 Å². The monoisotopic (exact) mass is 281 g/mol. The van der Waals surface area contributed by atoms with Crippen LogP contribution in [0.5, 0.6) is 0 Å². The van der Waals surface area contributed by atoms with Gasteiger partial charge in [0, 0.05) is 29.2 Å². The number of hydrogen-bond donors (Lipinski definition) is 0. The summed E-state index contributed by atoms with van der Waals surface area (Å²) in [7, 11) is 3.21. The molecule has 0 aliphatic carbocycles. The Morgan fingerprint density at radius 1 is 1.50 bits per heavy atom. The summed E-state index contributed by atoms with van der Waals surface area (Å²) in [6.45, 7) is 2.51. The van der Waals surface area contributed by atoms with Gasteiger partial charge in [-0.05, 0) is 19.1 Å². The number of halogens is 1. The van der Waals surface area contributed by atoms with Crippen LogP contribution < -0.4 is 0 Å². The Bertz CT molecular complexity index is 481. The first kappa shape index (κ1) is 13.5. The third-order valence-electron chi connectivity index (χ3n) is 2.10. The van der Waals surface area contributed by atoms with Gasteiger partial charge in [0.05, 0.1) is 6.42 Å². The molecule has 90 valence electrons. The number of thiophene rings is 1. The van der Waals surface area contributed by atoms with Gasteiger partial charge in [0.1, 0.15) is 4.21 Å². The van der Waals surface area contributed by atoms with E-state index in [9.17, 15) is 13.2 Å². The minimum atomic E-state index is -3.68. The van der Waals surface area contributed by atoms with E-state index in [1.807, 2.05) is 6.92 Å². The lowest BCUT2D eigenvalue weighted by atomic mass is 10.3.